The van der Waals surface area contributed by atoms with Crippen LogP contribution in [0.4, 0.5) is 5.69 Å². The Hall–Kier alpha value is -2.06. The first-order valence-electron chi connectivity index (χ1n) is 5.04. The van der Waals surface area contributed by atoms with Crippen LogP contribution < -0.4 is 5.32 Å². The Morgan fingerprint density at radius 3 is 2.59 bits per heavy atom. The van der Waals surface area contributed by atoms with Crippen molar-refractivity contribution < 1.29 is 14.6 Å². The summed E-state index contributed by atoms with van der Waals surface area (Å²) in [5.74, 6) is -0.696. The number of ether oxygens (including phenoxy) is 1. The molecule has 90 valence electrons. The number of hydrogen-bond donors (Lipinski definition) is 2. The van der Waals surface area contributed by atoms with Gasteiger partial charge in [-0.1, -0.05) is 0 Å². The molecule has 0 aliphatic rings. The van der Waals surface area contributed by atoms with Gasteiger partial charge in [-0.15, -0.1) is 0 Å². The standard InChI is InChI=1S/C12H14N2O3/c1-12(16,11(15)17-2)8-14-10-5-3-9(7-13)4-6-10/h3-6,14,16H,8H2,1-2H3. The molecule has 5 nitrogen and oxygen atoms in total. The third kappa shape index (κ3) is 3.47. The number of hydrogen-bond acceptors (Lipinski definition) is 5. The summed E-state index contributed by atoms with van der Waals surface area (Å²) < 4.78 is 4.47. The number of carbonyl (C=O) groups is 1. The van der Waals surface area contributed by atoms with Crippen LogP contribution in [0.2, 0.25) is 0 Å². The average Bonchev–Trinajstić information content (AvgIpc) is 2.36. The van der Waals surface area contributed by atoms with Gasteiger partial charge in [-0.05, 0) is 31.2 Å². The number of benzene rings is 1. The number of nitrogens with one attached hydrogen (secondary N) is 1. The normalized spacial score (nSPS) is 13.3. The second kappa shape index (κ2) is 5.32. The van der Waals surface area contributed by atoms with Crippen molar-refractivity contribution in [2.75, 3.05) is 19.0 Å². The molecule has 0 fully saturated rings. The van der Waals surface area contributed by atoms with Crippen LogP contribution in [0, 0.1) is 11.3 Å². The Kier molecular flexibility index (Phi) is 4.07. The minimum absolute atomic E-state index is 0.0333. The molecule has 0 aromatic heterocycles. The zero-order valence-electron chi connectivity index (χ0n) is 9.73. The molecule has 1 atom stereocenters. The molecular formula is C12H14N2O3. The van der Waals surface area contributed by atoms with Gasteiger partial charge >= 0.3 is 5.97 Å². The van der Waals surface area contributed by atoms with Crippen LogP contribution in [0.5, 0.6) is 0 Å². The molecule has 1 rings (SSSR count). The molecule has 0 aliphatic heterocycles. The van der Waals surface area contributed by atoms with Gasteiger partial charge in [-0.2, -0.15) is 5.26 Å². The van der Waals surface area contributed by atoms with E-state index in [1.54, 1.807) is 24.3 Å². The summed E-state index contributed by atoms with van der Waals surface area (Å²) in [7, 11) is 1.22. The van der Waals surface area contributed by atoms with Gasteiger partial charge in [0.1, 0.15) is 0 Å². The van der Waals surface area contributed by atoms with Crippen LogP contribution in [-0.2, 0) is 9.53 Å². The van der Waals surface area contributed by atoms with E-state index in [1.807, 2.05) is 6.07 Å². The van der Waals surface area contributed by atoms with Gasteiger partial charge in [0.15, 0.2) is 5.60 Å². The summed E-state index contributed by atoms with van der Waals surface area (Å²) in [6.45, 7) is 1.40. The predicted octanol–water partition coefficient (Wildman–Crippen LogP) is 0.894. The van der Waals surface area contributed by atoms with Crippen molar-refractivity contribution in [3.05, 3.63) is 29.8 Å². The molecule has 0 heterocycles. The van der Waals surface area contributed by atoms with Crippen molar-refractivity contribution in [2.24, 2.45) is 0 Å². The van der Waals surface area contributed by atoms with Crippen LogP contribution in [0.3, 0.4) is 0 Å². The van der Waals surface area contributed by atoms with Crippen molar-refractivity contribution in [1.29, 1.82) is 5.26 Å². The van der Waals surface area contributed by atoms with E-state index in [2.05, 4.69) is 10.1 Å². The largest absolute Gasteiger partial charge is 0.467 e. The number of nitriles is 1. The lowest BCUT2D eigenvalue weighted by Crippen LogP contribution is -2.42. The maximum atomic E-state index is 11.2. The first-order valence-corrected chi connectivity index (χ1v) is 5.04. The topological polar surface area (TPSA) is 82.3 Å². The number of rotatable bonds is 4. The zero-order chi connectivity index (χ0) is 12.9. The first kappa shape index (κ1) is 13.0. The Balaban J connectivity index is 2.61. The molecule has 2 N–H and O–H groups in total. The molecule has 1 aromatic rings. The molecule has 0 amide bonds. The summed E-state index contributed by atoms with van der Waals surface area (Å²) in [6, 6.07) is 8.70. The van der Waals surface area contributed by atoms with Crippen molar-refractivity contribution >= 4 is 11.7 Å². The second-order valence-corrected chi connectivity index (χ2v) is 3.81. The summed E-state index contributed by atoms with van der Waals surface area (Å²) in [6.07, 6.45) is 0. The van der Waals surface area contributed by atoms with Gasteiger partial charge in [-0.3, -0.25) is 0 Å². The van der Waals surface area contributed by atoms with Crippen molar-refractivity contribution in [3.63, 3.8) is 0 Å². The van der Waals surface area contributed by atoms with Gasteiger partial charge in [0, 0.05) is 5.69 Å². The van der Waals surface area contributed by atoms with Crippen molar-refractivity contribution in [1.82, 2.24) is 0 Å². The van der Waals surface area contributed by atoms with Gasteiger partial charge in [0.25, 0.3) is 0 Å². The van der Waals surface area contributed by atoms with Crippen molar-refractivity contribution in [2.45, 2.75) is 12.5 Å². The molecule has 0 spiro atoms. The Labute approximate surface area is 99.6 Å². The smallest absolute Gasteiger partial charge is 0.339 e. The van der Waals surface area contributed by atoms with Gasteiger partial charge < -0.3 is 15.2 Å². The fourth-order valence-electron chi connectivity index (χ4n) is 1.23. The lowest BCUT2D eigenvalue weighted by Gasteiger charge is -2.21. The number of carbonyl (C=O) groups excluding carboxylic acids is 1. The second-order valence-electron chi connectivity index (χ2n) is 3.81. The zero-order valence-corrected chi connectivity index (χ0v) is 9.73. The quantitative estimate of drug-likeness (QED) is 0.756. The Morgan fingerprint density at radius 2 is 2.12 bits per heavy atom. The van der Waals surface area contributed by atoms with Crippen molar-refractivity contribution in [3.8, 4) is 6.07 Å². The molecule has 1 aromatic carbocycles. The summed E-state index contributed by atoms with van der Waals surface area (Å²) in [5, 5.41) is 21.3. The number of anilines is 1. The van der Waals surface area contributed by atoms with Crippen LogP contribution in [0.1, 0.15) is 12.5 Å². The SMILES string of the molecule is COC(=O)C(C)(O)CNc1ccc(C#N)cc1. The number of methoxy groups -OCH3 is 1. The third-order valence-corrected chi connectivity index (χ3v) is 2.28. The molecule has 5 heteroatoms. The lowest BCUT2D eigenvalue weighted by molar-refractivity contribution is -0.158. The highest BCUT2D eigenvalue weighted by Crippen LogP contribution is 2.12. The van der Waals surface area contributed by atoms with Crippen LogP contribution in [-0.4, -0.2) is 30.3 Å². The number of esters is 1. The molecular weight excluding hydrogens is 220 g/mol. The molecule has 0 saturated carbocycles. The molecule has 17 heavy (non-hydrogen) atoms. The van der Waals surface area contributed by atoms with E-state index in [0.717, 1.165) is 0 Å². The van der Waals surface area contributed by atoms with E-state index < -0.39 is 11.6 Å². The molecule has 0 radical (unpaired) electrons. The predicted molar refractivity (Wildman–Crippen MR) is 62.3 cm³/mol. The highest BCUT2D eigenvalue weighted by molar-refractivity contribution is 5.79. The van der Waals surface area contributed by atoms with Gasteiger partial charge in [0.2, 0.25) is 0 Å². The molecule has 0 aliphatic carbocycles. The Morgan fingerprint density at radius 1 is 1.53 bits per heavy atom. The van der Waals surface area contributed by atoms with Gasteiger partial charge in [0.05, 0.1) is 25.3 Å². The minimum atomic E-state index is -1.58. The number of nitrogens with zero attached hydrogens (tertiary/aromatic N) is 1. The van der Waals surface area contributed by atoms with E-state index in [1.165, 1.54) is 14.0 Å². The molecule has 0 saturated heterocycles. The van der Waals surface area contributed by atoms with E-state index in [0.29, 0.717) is 11.3 Å². The maximum Gasteiger partial charge on any atom is 0.339 e. The third-order valence-electron chi connectivity index (χ3n) is 2.28. The van der Waals surface area contributed by atoms with E-state index >= 15 is 0 Å². The Bertz CT molecular complexity index is 432. The fraction of sp³-hybridized carbons (Fsp3) is 0.333. The van der Waals surface area contributed by atoms with Crippen LogP contribution in [0.25, 0.3) is 0 Å². The fourth-order valence-corrected chi connectivity index (χ4v) is 1.23. The van der Waals surface area contributed by atoms with Crippen LogP contribution >= 0.6 is 0 Å². The molecule has 1 unspecified atom stereocenters. The minimum Gasteiger partial charge on any atom is -0.467 e. The monoisotopic (exact) mass is 234 g/mol. The summed E-state index contributed by atoms with van der Waals surface area (Å²) >= 11 is 0. The summed E-state index contributed by atoms with van der Waals surface area (Å²) in [4.78, 5) is 11.2. The first-order chi connectivity index (χ1) is 7.99. The lowest BCUT2D eigenvalue weighted by atomic mass is 10.1. The highest BCUT2D eigenvalue weighted by Gasteiger charge is 2.30. The van der Waals surface area contributed by atoms with E-state index in [4.69, 9.17) is 5.26 Å². The number of aliphatic hydroxyl groups is 1. The molecule has 0 bridgehead atoms. The summed E-state index contributed by atoms with van der Waals surface area (Å²) in [5.41, 5.74) is -0.314. The van der Waals surface area contributed by atoms with E-state index in [9.17, 15) is 9.90 Å². The maximum absolute atomic E-state index is 11.2. The average molecular weight is 234 g/mol. The highest BCUT2D eigenvalue weighted by atomic mass is 16.5. The van der Waals surface area contributed by atoms with E-state index in [-0.39, 0.29) is 6.54 Å². The van der Waals surface area contributed by atoms with Gasteiger partial charge in [-0.25, -0.2) is 4.79 Å². The van der Waals surface area contributed by atoms with Crippen LogP contribution in [0.15, 0.2) is 24.3 Å².